The highest BCUT2D eigenvalue weighted by Crippen LogP contribution is 2.26. The molecule has 1 fully saturated rings. The number of aryl methyl sites for hydroxylation is 1. The third-order valence-electron chi connectivity index (χ3n) is 3.81. The Morgan fingerprint density at radius 3 is 3.05 bits per heavy atom. The van der Waals surface area contributed by atoms with E-state index in [1.54, 1.807) is 0 Å². The average Bonchev–Trinajstić information content (AvgIpc) is 2.98. The summed E-state index contributed by atoms with van der Waals surface area (Å²) in [5, 5.41) is 6.32. The van der Waals surface area contributed by atoms with Gasteiger partial charge in [0.25, 0.3) is 0 Å². The van der Waals surface area contributed by atoms with E-state index >= 15 is 0 Å². The fourth-order valence-electron chi connectivity index (χ4n) is 2.57. The molecule has 4 heteroatoms. The van der Waals surface area contributed by atoms with Crippen LogP contribution in [0.1, 0.15) is 38.2 Å². The quantitative estimate of drug-likeness (QED) is 0.811. The highest BCUT2D eigenvalue weighted by Gasteiger charge is 2.16. The molecule has 1 saturated heterocycles. The summed E-state index contributed by atoms with van der Waals surface area (Å²) in [4.78, 5) is 12.1. The normalized spacial score (nSPS) is 17.7. The second-order valence-corrected chi connectivity index (χ2v) is 5.79. The van der Waals surface area contributed by atoms with Crippen LogP contribution < -0.4 is 15.4 Å². The Labute approximate surface area is 127 Å². The van der Waals surface area contributed by atoms with Crippen LogP contribution in [0.5, 0.6) is 5.75 Å². The van der Waals surface area contributed by atoms with Crippen LogP contribution in [0, 0.1) is 12.8 Å². The molecule has 0 aromatic heterocycles. The van der Waals surface area contributed by atoms with Crippen LogP contribution in [0.15, 0.2) is 18.2 Å². The van der Waals surface area contributed by atoms with Crippen LogP contribution in [0.3, 0.4) is 0 Å². The molecule has 1 aliphatic heterocycles. The van der Waals surface area contributed by atoms with Crippen LogP contribution in [0.25, 0.3) is 0 Å². The fourth-order valence-corrected chi connectivity index (χ4v) is 2.57. The van der Waals surface area contributed by atoms with Crippen molar-refractivity contribution in [3.63, 3.8) is 0 Å². The standard InChI is InChI=1S/C17H26N2O2/c1-3-10-21-16-11-13(2)4-6-15(16)19-17(20)7-5-14-8-9-18-12-14/h4,6,11,14,18H,3,5,7-10,12H2,1-2H3,(H,19,20). The molecule has 0 aliphatic carbocycles. The second kappa shape index (κ2) is 8.03. The molecule has 1 unspecified atom stereocenters. The van der Waals surface area contributed by atoms with Crippen molar-refractivity contribution in [1.82, 2.24) is 5.32 Å². The van der Waals surface area contributed by atoms with Crippen molar-refractivity contribution < 1.29 is 9.53 Å². The predicted octanol–water partition coefficient (Wildman–Crippen LogP) is 3.11. The first-order valence-electron chi connectivity index (χ1n) is 7.93. The van der Waals surface area contributed by atoms with Gasteiger partial charge in [-0.2, -0.15) is 0 Å². The minimum absolute atomic E-state index is 0.0760. The monoisotopic (exact) mass is 290 g/mol. The molecule has 0 bridgehead atoms. The van der Waals surface area contributed by atoms with Gasteiger partial charge >= 0.3 is 0 Å². The van der Waals surface area contributed by atoms with Gasteiger partial charge in [0.05, 0.1) is 12.3 Å². The average molecular weight is 290 g/mol. The third-order valence-corrected chi connectivity index (χ3v) is 3.81. The largest absolute Gasteiger partial charge is 0.491 e. The minimum atomic E-state index is 0.0760. The van der Waals surface area contributed by atoms with Crippen LogP contribution in [0.2, 0.25) is 0 Å². The zero-order chi connectivity index (χ0) is 15.1. The fraction of sp³-hybridized carbons (Fsp3) is 0.588. The summed E-state index contributed by atoms with van der Waals surface area (Å²) >= 11 is 0. The van der Waals surface area contributed by atoms with E-state index < -0.39 is 0 Å². The van der Waals surface area contributed by atoms with Gasteiger partial charge in [0, 0.05) is 6.42 Å². The van der Waals surface area contributed by atoms with E-state index in [0.717, 1.165) is 42.9 Å². The van der Waals surface area contributed by atoms with Gasteiger partial charge in [0.1, 0.15) is 5.75 Å². The van der Waals surface area contributed by atoms with Gasteiger partial charge in [0.15, 0.2) is 0 Å². The first-order chi connectivity index (χ1) is 10.2. The van der Waals surface area contributed by atoms with Gasteiger partial charge < -0.3 is 15.4 Å². The summed E-state index contributed by atoms with van der Waals surface area (Å²) in [6.07, 6.45) is 3.67. The van der Waals surface area contributed by atoms with Crippen molar-refractivity contribution >= 4 is 11.6 Å². The van der Waals surface area contributed by atoms with Crippen molar-refractivity contribution in [3.05, 3.63) is 23.8 Å². The van der Waals surface area contributed by atoms with E-state index in [1.165, 1.54) is 6.42 Å². The first kappa shape index (κ1) is 15.8. The number of nitrogens with one attached hydrogen (secondary N) is 2. The number of carbonyl (C=O) groups is 1. The molecule has 1 heterocycles. The van der Waals surface area contributed by atoms with Crippen molar-refractivity contribution in [2.24, 2.45) is 5.92 Å². The molecular weight excluding hydrogens is 264 g/mol. The number of hydrogen-bond donors (Lipinski definition) is 2. The maximum Gasteiger partial charge on any atom is 0.224 e. The van der Waals surface area contributed by atoms with Crippen molar-refractivity contribution in [3.8, 4) is 5.75 Å². The predicted molar refractivity (Wildman–Crippen MR) is 85.8 cm³/mol. The summed E-state index contributed by atoms with van der Waals surface area (Å²) in [7, 11) is 0. The van der Waals surface area contributed by atoms with Gasteiger partial charge in [-0.3, -0.25) is 4.79 Å². The molecule has 1 aliphatic rings. The molecule has 1 atom stereocenters. The molecule has 1 aromatic rings. The van der Waals surface area contributed by atoms with E-state index in [4.69, 9.17) is 4.74 Å². The van der Waals surface area contributed by atoms with Crippen molar-refractivity contribution in [2.75, 3.05) is 25.0 Å². The summed E-state index contributed by atoms with van der Waals surface area (Å²) in [6, 6.07) is 5.90. The summed E-state index contributed by atoms with van der Waals surface area (Å²) in [6.45, 7) is 6.89. The minimum Gasteiger partial charge on any atom is -0.491 e. The molecule has 2 N–H and O–H groups in total. The molecule has 21 heavy (non-hydrogen) atoms. The molecule has 1 aromatic carbocycles. The molecule has 0 radical (unpaired) electrons. The summed E-state index contributed by atoms with van der Waals surface area (Å²) < 4.78 is 5.72. The third kappa shape index (κ3) is 5.05. The Balaban J connectivity index is 1.89. The number of anilines is 1. The Morgan fingerprint density at radius 1 is 1.48 bits per heavy atom. The number of rotatable bonds is 7. The molecular formula is C17H26N2O2. The van der Waals surface area contributed by atoms with Crippen molar-refractivity contribution in [1.29, 1.82) is 0 Å². The zero-order valence-electron chi connectivity index (χ0n) is 13.1. The van der Waals surface area contributed by atoms with E-state index in [2.05, 4.69) is 17.6 Å². The lowest BCUT2D eigenvalue weighted by Crippen LogP contribution is -2.15. The van der Waals surface area contributed by atoms with E-state index in [9.17, 15) is 4.79 Å². The van der Waals surface area contributed by atoms with Crippen LogP contribution in [0.4, 0.5) is 5.69 Å². The van der Waals surface area contributed by atoms with Crippen LogP contribution >= 0.6 is 0 Å². The maximum atomic E-state index is 12.1. The maximum absolute atomic E-state index is 12.1. The number of hydrogen-bond acceptors (Lipinski definition) is 3. The van der Waals surface area contributed by atoms with Gasteiger partial charge in [-0.15, -0.1) is 0 Å². The smallest absolute Gasteiger partial charge is 0.224 e. The summed E-state index contributed by atoms with van der Waals surface area (Å²) in [5.41, 5.74) is 1.92. The molecule has 0 spiro atoms. The highest BCUT2D eigenvalue weighted by molar-refractivity contribution is 5.92. The number of ether oxygens (including phenoxy) is 1. The lowest BCUT2D eigenvalue weighted by atomic mass is 10.0. The van der Waals surface area contributed by atoms with Gasteiger partial charge in [-0.05, 0) is 62.9 Å². The zero-order valence-corrected chi connectivity index (χ0v) is 13.1. The Hall–Kier alpha value is -1.55. The van der Waals surface area contributed by atoms with Gasteiger partial charge in [-0.25, -0.2) is 0 Å². The Kier molecular flexibility index (Phi) is 6.05. The molecule has 2 rings (SSSR count). The van der Waals surface area contributed by atoms with Crippen molar-refractivity contribution in [2.45, 2.75) is 39.5 Å². The SMILES string of the molecule is CCCOc1cc(C)ccc1NC(=O)CCC1CCNC1. The molecule has 0 saturated carbocycles. The number of carbonyl (C=O) groups excluding carboxylic acids is 1. The highest BCUT2D eigenvalue weighted by atomic mass is 16.5. The second-order valence-electron chi connectivity index (χ2n) is 5.79. The first-order valence-corrected chi connectivity index (χ1v) is 7.93. The van der Waals surface area contributed by atoms with Gasteiger partial charge in [0.2, 0.25) is 5.91 Å². The molecule has 4 nitrogen and oxygen atoms in total. The molecule has 1 amide bonds. The lowest BCUT2D eigenvalue weighted by molar-refractivity contribution is -0.116. The van der Waals surface area contributed by atoms with E-state index in [-0.39, 0.29) is 5.91 Å². The van der Waals surface area contributed by atoms with Gasteiger partial charge in [-0.1, -0.05) is 13.0 Å². The van der Waals surface area contributed by atoms with E-state index in [1.807, 2.05) is 25.1 Å². The Morgan fingerprint density at radius 2 is 2.33 bits per heavy atom. The molecule has 116 valence electrons. The topological polar surface area (TPSA) is 50.4 Å². The van der Waals surface area contributed by atoms with Crippen LogP contribution in [-0.4, -0.2) is 25.6 Å². The number of benzene rings is 1. The van der Waals surface area contributed by atoms with E-state index in [0.29, 0.717) is 18.9 Å². The lowest BCUT2D eigenvalue weighted by Gasteiger charge is -2.13. The van der Waals surface area contributed by atoms with Crippen LogP contribution in [-0.2, 0) is 4.79 Å². The summed E-state index contributed by atoms with van der Waals surface area (Å²) in [5.74, 6) is 1.49. The number of amides is 1. The Bertz CT molecular complexity index is 468.